The third kappa shape index (κ3) is 3.25. The Kier molecular flexibility index (Phi) is 4.65. The first-order chi connectivity index (χ1) is 15.6. The van der Waals surface area contributed by atoms with Gasteiger partial charge < -0.3 is 0 Å². The van der Waals surface area contributed by atoms with Gasteiger partial charge in [-0.25, -0.2) is 0 Å². The van der Waals surface area contributed by atoms with E-state index < -0.39 is 0 Å². The zero-order chi connectivity index (χ0) is 21.8. The molecule has 4 heterocycles. The van der Waals surface area contributed by atoms with Gasteiger partial charge >= 0.3 is 160 Å². The molecule has 2 aliphatic rings. The van der Waals surface area contributed by atoms with E-state index in [1.54, 1.807) is 0 Å². The van der Waals surface area contributed by atoms with E-state index in [1.165, 1.54) is 12.8 Å². The van der Waals surface area contributed by atoms with Crippen molar-refractivity contribution < 1.29 is 0 Å². The molecule has 1 aliphatic heterocycles. The first-order valence-electron chi connectivity index (χ1n) is 10.9. The molecule has 1 aliphatic carbocycles. The number of pyridine rings is 1. The minimum atomic E-state index is -0.208. The van der Waals surface area contributed by atoms with Gasteiger partial charge in [0.25, 0.3) is 0 Å². The van der Waals surface area contributed by atoms with Gasteiger partial charge in [0.1, 0.15) is 0 Å². The summed E-state index contributed by atoms with van der Waals surface area (Å²) in [5.41, 5.74) is 10.9. The van der Waals surface area contributed by atoms with Crippen molar-refractivity contribution in [1.29, 1.82) is 0 Å². The second kappa shape index (κ2) is 7.56. The van der Waals surface area contributed by atoms with Gasteiger partial charge in [0.2, 0.25) is 0 Å². The normalized spacial score (nSPS) is 19.4. The number of hydrogen-bond acceptors (Lipinski definition) is 5. The Balaban J connectivity index is 1.35. The van der Waals surface area contributed by atoms with Crippen LogP contribution in [0.2, 0.25) is 0 Å². The summed E-state index contributed by atoms with van der Waals surface area (Å²) in [7, 11) is 0. The molecular formula is C24H24N6OSe. The summed E-state index contributed by atoms with van der Waals surface area (Å²) in [6.45, 7) is 4.84. The number of aromatic nitrogens is 3. The van der Waals surface area contributed by atoms with Crippen molar-refractivity contribution in [3.05, 3.63) is 39.6 Å². The third-order valence-corrected chi connectivity index (χ3v) is 8.46. The summed E-state index contributed by atoms with van der Waals surface area (Å²) in [5.74, 6) is 7.05. The van der Waals surface area contributed by atoms with Crippen molar-refractivity contribution in [2.45, 2.75) is 31.8 Å². The SMILES string of the molecule is CC#CC1CN(c2ccc3nc(-c4c(N)c5[se]ccc5[nH]c4=O)[nH]c3c2)CCN1C1CC1. The number of rotatable bonds is 3. The van der Waals surface area contributed by atoms with Crippen molar-refractivity contribution in [2.24, 2.45) is 0 Å². The van der Waals surface area contributed by atoms with Crippen molar-refractivity contribution in [3.8, 4) is 23.2 Å². The molecule has 4 N–H and O–H groups in total. The minimum absolute atomic E-state index is 0.137. The number of anilines is 2. The average molecular weight is 491 g/mol. The van der Waals surface area contributed by atoms with Crippen molar-refractivity contribution in [2.75, 3.05) is 30.3 Å². The van der Waals surface area contributed by atoms with Gasteiger partial charge in [-0.3, -0.25) is 0 Å². The zero-order valence-corrected chi connectivity index (χ0v) is 19.5. The molecule has 0 spiro atoms. The van der Waals surface area contributed by atoms with Gasteiger partial charge in [-0.1, -0.05) is 0 Å². The zero-order valence-electron chi connectivity index (χ0n) is 17.8. The Bertz CT molecular complexity index is 1450. The van der Waals surface area contributed by atoms with Gasteiger partial charge in [0.15, 0.2) is 0 Å². The molecule has 6 rings (SSSR count). The number of nitrogens with zero attached hydrogens (tertiary/aromatic N) is 3. The molecule has 162 valence electrons. The predicted molar refractivity (Wildman–Crippen MR) is 130 cm³/mol. The number of nitrogen functional groups attached to an aromatic ring is 1. The average Bonchev–Trinajstić information content (AvgIpc) is 3.37. The fourth-order valence-electron chi connectivity index (χ4n) is 4.75. The molecule has 0 bridgehead atoms. The predicted octanol–water partition coefficient (Wildman–Crippen LogP) is 2.39. The molecule has 1 aromatic carbocycles. The second-order valence-electron chi connectivity index (χ2n) is 8.52. The Morgan fingerprint density at radius 3 is 2.88 bits per heavy atom. The van der Waals surface area contributed by atoms with Crippen LogP contribution in [0.5, 0.6) is 0 Å². The van der Waals surface area contributed by atoms with E-state index in [4.69, 9.17) is 5.73 Å². The van der Waals surface area contributed by atoms with E-state index in [1.807, 2.05) is 19.1 Å². The Morgan fingerprint density at radius 1 is 1.19 bits per heavy atom. The van der Waals surface area contributed by atoms with E-state index in [-0.39, 0.29) is 26.1 Å². The van der Waals surface area contributed by atoms with Gasteiger partial charge in [-0.2, -0.15) is 0 Å². The number of hydrogen-bond donors (Lipinski definition) is 3. The van der Waals surface area contributed by atoms with Gasteiger partial charge in [-0.15, -0.1) is 5.92 Å². The Morgan fingerprint density at radius 2 is 2.06 bits per heavy atom. The smallest absolute Gasteiger partial charge is 0.0360 e. The van der Waals surface area contributed by atoms with Crippen LogP contribution in [-0.2, 0) is 0 Å². The monoisotopic (exact) mass is 492 g/mol. The molecule has 1 saturated carbocycles. The summed E-state index contributed by atoms with van der Waals surface area (Å²) >= 11 is 0.137. The molecule has 1 atom stereocenters. The molecule has 3 aromatic heterocycles. The first kappa shape index (κ1) is 19.7. The van der Waals surface area contributed by atoms with Crippen LogP contribution in [0.25, 0.3) is 32.2 Å². The number of imidazole rings is 1. The van der Waals surface area contributed by atoms with E-state index in [0.29, 0.717) is 23.1 Å². The van der Waals surface area contributed by atoms with Crippen LogP contribution in [0.3, 0.4) is 0 Å². The first-order valence-corrected chi connectivity index (χ1v) is 12.8. The quantitative estimate of drug-likeness (QED) is 0.302. The van der Waals surface area contributed by atoms with Crippen LogP contribution in [0.4, 0.5) is 11.4 Å². The fourth-order valence-corrected chi connectivity index (χ4v) is 6.47. The van der Waals surface area contributed by atoms with E-state index in [0.717, 1.165) is 46.1 Å². The van der Waals surface area contributed by atoms with Crippen molar-refractivity contribution in [3.63, 3.8) is 0 Å². The third-order valence-electron chi connectivity index (χ3n) is 6.47. The number of fused-ring (bicyclic) bond motifs is 2. The second-order valence-corrected chi connectivity index (χ2v) is 10.4. The van der Waals surface area contributed by atoms with Crippen LogP contribution >= 0.6 is 0 Å². The number of H-pyrrole nitrogens is 2. The minimum Gasteiger partial charge on any atom is -0.0360 e. The summed E-state index contributed by atoms with van der Waals surface area (Å²) in [4.78, 5) is 30.7. The van der Waals surface area contributed by atoms with E-state index >= 15 is 0 Å². The van der Waals surface area contributed by atoms with Crippen LogP contribution in [0.1, 0.15) is 19.8 Å². The molecule has 1 saturated heterocycles. The summed E-state index contributed by atoms with van der Waals surface area (Å²) in [6.07, 6.45) is 2.60. The number of piperazine rings is 1. The molecule has 32 heavy (non-hydrogen) atoms. The summed E-state index contributed by atoms with van der Waals surface area (Å²) < 4.78 is 1.02. The molecule has 8 heteroatoms. The van der Waals surface area contributed by atoms with Gasteiger partial charge in [-0.05, 0) is 19.8 Å². The summed E-state index contributed by atoms with van der Waals surface area (Å²) in [6, 6.07) is 9.17. The van der Waals surface area contributed by atoms with Crippen molar-refractivity contribution in [1.82, 2.24) is 19.9 Å². The number of nitrogens with one attached hydrogen (secondary N) is 2. The van der Waals surface area contributed by atoms with E-state index in [2.05, 4.69) is 53.7 Å². The fraction of sp³-hybridized carbons (Fsp3) is 0.333. The number of nitrogens with two attached hydrogens (primary N) is 1. The molecule has 0 amide bonds. The number of aromatic amines is 2. The van der Waals surface area contributed by atoms with Crippen LogP contribution in [0.15, 0.2) is 34.0 Å². The molecule has 2 fully saturated rings. The van der Waals surface area contributed by atoms with Gasteiger partial charge in [0.05, 0.1) is 0 Å². The maximum absolute atomic E-state index is 12.7. The Labute approximate surface area is 191 Å². The topological polar surface area (TPSA) is 94.0 Å². The summed E-state index contributed by atoms with van der Waals surface area (Å²) in [5, 5.41) is 0. The standard InChI is InChI=1S/C24H24N6OSe/c1-2-3-16-13-29(9-10-30(16)14-4-5-14)15-6-7-17-19(12-15)27-23(26-17)20-21(25)22-18(8-11-32-22)28-24(20)31/h6-8,11-12,14,16H,4-5,9-10,13H2,1H3,(H,26,27)(H3,25,28,31). The van der Waals surface area contributed by atoms with Gasteiger partial charge in [0, 0.05) is 6.04 Å². The molecule has 4 aromatic rings. The molecule has 0 radical (unpaired) electrons. The molecule has 1 unspecified atom stereocenters. The van der Waals surface area contributed by atoms with Crippen molar-refractivity contribution >= 4 is 46.7 Å². The van der Waals surface area contributed by atoms with Crippen LogP contribution in [-0.4, -0.2) is 66.1 Å². The van der Waals surface area contributed by atoms with Crippen LogP contribution in [0, 0.1) is 11.8 Å². The van der Waals surface area contributed by atoms with Crippen LogP contribution < -0.4 is 16.2 Å². The number of benzene rings is 1. The molecular weight excluding hydrogens is 467 g/mol. The Hall–Kier alpha value is -2.98. The maximum atomic E-state index is 12.7. The molecule has 7 nitrogen and oxygen atoms in total. The van der Waals surface area contributed by atoms with E-state index in [9.17, 15) is 4.79 Å².